The third-order valence-electron chi connectivity index (χ3n) is 6.39. The number of carbonyl (C=O) groups excluding carboxylic acids is 2. The van der Waals surface area contributed by atoms with Crippen LogP contribution in [0.5, 0.6) is 5.75 Å². The van der Waals surface area contributed by atoms with Crippen LogP contribution in [-0.2, 0) is 14.3 Å². The molecule has 33 heavy (non-hydrogen) atoms. The monoisotopic (exact) mass is 451 g/mol. The van der Waals surface area contributed by atoms with Gasteiger partial charge in [-0.25, -0.2) is 4.98 Å². The fourth-order valence-electron chi connectivity index (χ4n) is 4.56. The number of aromatic nitrogens is 1. The van der Waals surface area contributed by atoms with Gasteiger partial charge in [-0.1, -0.05) is 18.2 Å². The average Bonchev–Trinajstić information content (AvgIpc) is 2.89. The summed E-state index contributed by atoms with van der Waals surface area (Å²) in [5.74, 6) is 1.60. The summed E-state index contributed by atoms with van der Waals surface area (Å²) in [6, 6.07) is 13.5. The second-order valence-corrected chi connectivity index (χ2v) is 8.45. The molecule has 0 spiro atoms. The first kappa shape index (κ1) is 21.5. The Hall–Kier alpha value is -3.33. The second-order valence-electron chi connectivity index (χ2n) is 8.45. The van der Waals surface area contributed by atoms with E-state index in [-0.39, 0.29) is 18.4 Å². The van der Waals surface area contributed by atoms with E-state index in [0.717, 1.165) is 24.6 Å². The Balaban J connectivity index is 1.24. The van der Waals surface area contributed by atoms with Gasteiger partial charge in [-0.3, -0.25) is 9.59 Å². The first-order valence-electron chi connectivity index (χ1n) is 11.5. The van der Waals surface area contributed by atoms with Crippen molar-refractivity contribution in [3.05, 3.63) is 48.7 Å². The zero-order valence-corrected chi connectivity index (χ0v) is 18.6. The fraction of sp³-hybridized carbons (Fsp3) is 0.458. The number of anilines is 2. The normalized spacial score (nSPS) is 20.8. The number of benzene rings is 1. The predicted molar refractivity (Wildman–Crippen MR) is 124 cm³/mol. The summed E-state index contributed by atoms with van der Waals surface area (Å²) in [4.78, 5) is 38.6. The van der Waals surface area contributed by atoms with Crippen molar-refractivity contribution < 1.29 is 19.1 Å². The number of amides is 2. The van der Waals surface area contributed by atoms with E-state index < -0.39 is 6.10 Å². The zero-order chi connectivity index (χ0) is 22.6. The Kier molecular flexibility index (Phi) is 6.30. The van der Waals surface area contributed by atoms with E-state index in [1.54, 1.807) is 11.1 Å². The van der Waals surface area contributed by atoms with Crippen LogP contribution in [0.3, 0.4) is 0 Å². The summed E-state index contributed by atoms with van der Waals surface area (Å²) in [5, 5.41) is 0. The summed E-state index contributed by atoms with van der Waals surface area (Å²) in [6.45, 7) is 5.60. The van der Waals surface area contributed by atoms with Crippen molar-refractivity contribution in [1.82, 2.24) is 14.8 Å². The minimum absolute atomic E-state index is 0.0470. The largest absolute Gasteiger partial charge is 0.477 e. The zero-order valence-electron chi connectivity index (χ0n) is 18.6. The molecule has 2 fully saturated rings. The van der Waals surface area contributed by atoms with E-state index in [2.05, 4.69) is 9.88 Å². The van der Waals surface area contributed by atoms with Crippen LogP contribution in [-0.4, -0.2) is 98.3 Å². The van der Waals surface area contributed by atoms with Gasteiger partial charge in [-0.2, -0.15) is 0 Å². The molecule has 3 aliphatic heterocycles. The summed E-state index contributed by atoms with van der Waals surface area (Å²) >= 11 is 0. The van der Waals surface area contributed by atoms with Gasteiger partial charge in [0.15, 0.2) is 6.10 Å². The SMILES string of the molecule is O=C(CN1CC(C(=O)N2CCOCC2)Oc2ccccc21)N1CCN(c2ccccn2)CC1. The van der Waals surface area contributed by atoms with Crippen molar-refractivity contribution in [3.63, 3.8) is 0 Å². The van der Waals surface area contributed by atoms with Crippen molar-refractivity contribution in [1.29, 1.82) is 0 Å². The van der Waals surface area contributed by atoms with Crippen LogP contribution < -0.4 is 14.5 Å². The average molecular weight is 452 g/mol. The minimum atomic E-state index is -0.633. The Morgan fingerprint density at radius 2 is 1.67 bits per heavy atom. The molecule has 3 aliphatic rings. The molecule has 2 saturated heterocycles. The van der Waals surface area contributed by atoms with Crippen LogP contribution in [0, 0.1) is 0 Å². The quantitative estimate of drug-likeness (QED) is 0.682. The molecule has 0 N–H and O–H groups in total. The highest BCUT2D eigenvalue weighted by molar-refractivity contribution is 5.86. The van der Waals surface area contributed by atoms with E-state index in [1.165, 1.54) is 0 Å². The van der Waals surface area contributed by atoms with E-state index in [0.29, 0.717) is 51.7 Å². The first-order valence-corrected chi connectivity index (χ1v) is 11.5. The second kappa shape index (κ2) is 9.66. The molecule has 1 aromatic heterocycles. The third kappa shape index (κ3) is 4.73. The van der Waals surface area contributed by atoms with E-state index in [9.17, 15) is 9.59 Å². The number of hydrogen-bond acceptors (Lipinski definition) is 7. The van der Waals surface area contributed by atoms with Crippen molar-refractivity contribution >= 4 is 23.3 Å². The van der Waals surface area contributed by atoms with Gasteiger partial charge >= 0.3 is 0 Å². The van der Waals surface area contributed by atoms with Crippen molar-refractivity contribution in [2.75, 3.05) is 75.4 Å². The Morgan fingerprint density at radius 1 is 0.909 bits per heavy atom. The van der Waals surface area contributed by atoms with Gasteiger partial charge in [0.25, 0.3) is 5.91 Å². The standard InChI is InChI=1S/C24H29N5O4/c30-23(27-11-9-26(10-12-27)22-7-3-4-8-25-22)18-29-17-21(24(31)28-13-15-32-16-14-28)33-20-6-2-1-5-19(20)29/h1-8,21H,9-18H2. The van der Waals surface area contributed by atoms with Gasteiger partial charge in [0.2, 0.25) is 5.91 Å². The molecule has 9 nitrogen and oxygen atoms in total. The van der Waals surface area contributed by atoms with Gasteiger partial charge in [-0.05, 0) is 24.3 Å². The number of piperazine rings is 1. The van der Waals surface area contributed by atoms with Crippen LogP contribution in [0.2, 0.25) is 0 Å². The Morgan fingerprint density at radius 3 is 2.42 bits per heavy atom. The number of rotatable bonds is 4. The molecule has 4 heterocycles. The molecule has 0 bridgehead atoms. The van der Waals surface area contributed by atoms with Crippen LogP contribution in [0.4, 0.5) is 11.5 Å². The predicted octanol–water partition coefficient (Wildman–Crippen LogP) is 0.857. The van der Waals surface area contributed by atoms with E-state index in [4.69, 9.17) is 9.47 Å². The number of ether oxygens (including phenoxy) is 2. The molecule has 0 aliphatic carbocycles. The van der Waals surface area contributed by atoms with Gasteiger partial charge in [0, 0.05) is 45.5 Å². The van der Waals surface area contributed by atoms with Crippen LogP contribution in [0.1, 0.15) is 0 Å². The molecule has 1 aromatic carbocycles. The van der Waals surface area contributed by atoms with Crippen LogP contribution >= 0.6 is 0 Å². The molecular formula is C24H29N5O4. The summed E-state index contributed by atoms with van der Waals surface area (Å²) in [6.07, 6.45) is 1.16. The van der Waals surface area contributed by atoms with E-state index >= 15 is 0 Å². The lowest BCUT2D eigenvalue weighted by atomic mass is 10.1. The lowest BCUT2D eigenvalue weighted by Crippen LogP contribution is -2.55. The van der Waals surface area contributed by atoms with Crippen LogP contribution in [0.25, 0.3) is 0 Å². The number of morpholine rings is 1. The molecule has 174 valence electrons. The number of pyridine rings is 1. The van der Waals surface area contributed by atoms with Crippen molar-refractivity contribution in [2.45, 2.75) is 6.10 Å². The number of carbonyl (C=O) groups is 2. The van der Waals surface area contributed by atoms with E-state index in [1.807, 2.05) is 52.3 Å². The van der Waals surface area contributed by atoms with Gasteiger partial charge in [-0.15, -0.1) is 0 Å². The molecule has 2 amide bonds. The number of fused-ring (bicyclic) bond motifs is 1. The molecule has 0 saturated carbocycles. The molecule has 2 aromatic rings. The van der Waals surface area contributed by atoms with Gasteiger partial charge < -0.3 is 29.1 Å². The highest BCUT2D eigenvalue weighted by atomic mass is 16.5. The molecule has 1 atom stereocenters. The molecule has 0 radical (unpaired) electrons. The van der Waals surface area contributed by atoms with Crippen LogP contribution in [0.15, 0.2) is 48.7 Å². The lowest BCUT2D eigenvalue weighted by molar-refractivity contribution is -0.143. The molecule has 5 rings (SSSR count). The maximum atomic E-state index is 13.2. The highest BCUT2D eigenvalue weighted by Gasteiger charge is 2.35. The third-order valence-corrected chi connectivity index (χ3v) is 6.39. The number of hydrogen-bond donors (Lipinski definition) is 0. The first-order chi connectivity index (χ1) is 16.2. The van der Waals surface area contributed by atoms with Crippen molar-refractivity contribution in [2.24, 2.45) is 0 Å². The Bertz CT molecular complexity index is 974. The molecule has 9 heteroatoms. The summed E-state index contributed by atoms with van der Waals surface area (Å²) < 4.78 is 11.4. The molecule has 1 unspecified atom stereocenters. The maximum Gasteiger partial charge on any atom is 0.265 e. The highest BCUT2D eigenvalue weighted by Crippen LogP contribution is 2.33. The topological polar surface area (TPSA) is 78.5 Å². The number of nitrogens with zero attached hydrogens (tertiary/aromatic N) is 5. The maximum absolute atomic E-state index is 13.2. The minimum Gasteiger partial charge on any atom is -0.477 e. The smallest absolute Gasteiger partial charge is 0.265 e. The summed E-state index contributed by atoms with van der Waals surface area (Å²) in [7, 11) is 0. The number of para-hydroxylation sites is 2. The fourth-order valence-corrected chi connectivity index (χ4v) is 4.56. The lowest BCUT2D eigenvalue weighted by Gasteiger charge is -2.40. The van der Waals surface area contributed by atoms with Gasteiger partial charge in [0.1, 0.15) is 11.6 Å². The Labute approximate surface area is 193 Å². The van der Waals surface area contributed by atoms with Gasteiger partial charge in [0.05, 0.1) is 32.0 Å². The summed E-state index contributed by atoms with van der Waals surface area (Å²) in [5.41, 5.74) is 0.851. The van der Waals surface area contributed by atoms with Crippen molar-refractivity contribution in [3.8, 4) is 5.75 Å². The molecular weight excluding hydrogens is 422 g/mol.